The Balaban J connectivity index is 2.41. The molecular formula is C21H38N4O. The molecule has 0 bridgehead atoms. The minimum absolute atomic E-state index is 0.0691. The van der Waals surface area contributed by atoms with Crippen molar-refractivity contribution in [3.05, 3.63) is 35.9 Å². The Morgan fingerprint density at radius 3 is 2.31 bits per heavy atom. The van der Waals surface area contributed by atoms with E-state index >= 15 is 0 Å². The van der Waals surface area contributed by atoms with Gasteiger partial charge in [-0.15, -0.1) is 0 Å². The third kappa shape index (κ3) is 9.90. The molecular weight excluding hydrogens is 324 g/mol. The van der Waals surface area contributed by atoms with Crippen molar-refractivity contribution in [3.63, 3.8) is 0 Å². The molecule has 0 heterocycles. The van der Waals surface area contributed by atoms with E-state index in [1.807, 2.05) is 6.07 Å². The van der Waals surface area contributed by atoms with E-state index < -0.39 is 6.04 Å². The molecule has 0 saturated heterocycles. The van der Waals surface area contributed by atoms with Crippen molar-refractivity contribution in [1.29, 1.82) is 0 Å². The zero-order valence-corrected chi connectivity index (χ0v) is 16.5. The topological polar surface area (TPSA) is 93.2 Å². The lowest BCUT2D eigenvalue weighted by molar-refractivity contribution is -0.122. The number of hydrogen-bond donors (Lipinski definition) is 4. The number of nitrogens with two attached hydrogens (primary N) is 2. The van der Waals surface area contributed by atoms with Gasteiger partial charge in [0.15, 0.2) is 0 Å². The zero-order valence-electron chi connectivity index (χ0n) is 16.5. The van der Waals surface area contributed by atoms with Gasteiger partial charge in [-0.25, -0.2) is 0 Å². The lowest BCUT2D eigenvalue weighted by Gasteiger charge is -2.19. The monoisotopic (exact) mass is 362 g/mol. The maximum Gasteiger partial charge on any atom is 0.236 e. The first kappa shape index (κ1) is 22.6. The van der Waals surface area contributed by atoms with Gasteiger partial charge in [0.25, 0.3) is 0 Å². The Labute approximate surface area is 159 Å². The SMILES string of the molecule is CC(C)CCNCCC(CCNC(=O)[C@H](N)CCCN)c1ccccc1. The summed E-state index contributed by atoms with van der Waals surface area (Å²) in [6, 6.07) is 10.1. The van der Waals surface area contributed by atoms with Crippen molar-refractivity contribution in [2.24, 2.45) is 17.4 Å². The summed E-state index contributed by atoms with van der Waals surface area (Å²) in [5, 5.41) is 6.52. The largest absolute Gasteiger partial charge is 0.355 e. The molecule has 1 aromatic rings. The van der Waals surface area contributed by atoms with Crippen molar-refractivity contribution in [2.75, 3.05) is 26.2 Å². The predicted octanol–water partition coefficient (Wildman–Crippen LogP) is 2.37. The fourth-order valence-electron chi connectivity index (χ4n) is 2.96. The Kier molecular flexibility index (Phi) is 11.9. The van der Waals surface area contributed by atoms with Crippen molar-refractivity contribution >= 4 is 5.91 Å². The summed E-state index contributed by atoms with van der Waals surface area (Å²) < 4.78 is 0. The van der Waals surface area contributed by atoms with Crippen LogP contribution in [0, 0.1) is 5.92 Å². The van der Waals surface area contributed by atoms with Crippen LogP contribution >= 0.6 is 0 Å². The molecule has 5 heteroatoms. The van der Waals surface area contributed by atoms with Gasteiger partial charge in [-0.1, -0.05) is 44.2 Å². The maximum atomic E-state index is 12.0. The molecule has 2 atom stereocenters. The van der Waals surface area contributed by atoms with Gasteiger partial charge in [-0.2, -0.15) is 0 Å². The number of benzene rings is 1. The second-order valence-electron chi connectivity index (χ2n) is 7.45. The summed E-state index contributed by atoms with van der Waals surface area (Å²) in [5.74, 6) is 1.09. The van der Waals surface area contributed by atoms with Crippen molar-refractivity contribution < 1.29 is 4.79 Å². The lowest BCUT2D eigenvalue weighted by atomic mass is 9.92. The number of hydrogen-bond acceptors (Lipinski definition) is 4. The molecule has 0 aliphatic rings. The van der Waals surface area contributed by atoms with Crippen LogP contribution in [0.1, 0.15) is 57.4 Å². The summed E-state index contributed by atoms with van der Waals surface area (Å²) >= 11 is 0. The minimum atomic E-state index is -0.452. The first-order valence-electron chi connectivity index (χ1n) is 10.0. The van der Waals surface area contributed by atoms with Crippen LogP contribution in [0.25, 0.3) is 0 Å². The van der Waals surface area contributed by atoms with Crippen LogP contribution in [0.2, 0.25) is 0 Å². The third-order valence-corrected chi connectivity index (χ3v) is 4.69. The smallest absolute Gasteiger partial charge is 0.236 e. The Hall–Kier alpha value is -1.43. The van der Waals surface area contributed by atoms with Crippen molar-refractivity contribution in [3.8, 4) is 0 Å². The van der Waals surface area contributed by atoms with Crippen LogP contribution in [0.5, 0.6) is 0 Å². The Morgan fingerprint density at radius 2 is 1.65 bits per heavy atom. The van der Waals surface area contributed by atoms with E-state index in [1.54, 1.807) is 0 Å². The average Bonchev–Trinajstić information content (AvgIpc) is 2.64. The molecule has 1 rings (SSSR count). The van der Waals surface area contributed by atoms with Gasteiger partial charge in [0.05, 0.1) is 6.04 Å². The van der Waals surface area contributed by atoms with E-state index in [9.17, 15) is 4.79 Å². The van der Waals surface area contributed by atoms with Crippen molar-refractivity contribution in [2.45, 2.75) is 57.9 Å². The molecule has 0 spiro atoms. The quantitative estimate of drug-likeness (QED) is 0.382. The number of rotatable bonds is 14. The highest BCUT2D eigenvalue weighted by molar-refractivity contribution is 5.81. The molecule has 1 unspecified atom stereocenters. The molecule has 0 radical (unpaired) electrons. The molecule has 0 aliphatic carbocycles. The minimum Gasteiger partial charge on any atom is -0.355 e. The van der Waals surface area contributed by atoms with Crippen LogP contribution < -0.4 is 22.1 Å². The normalized spacial score (nSPS) is 13.6. The highest BCUT2D eigenvalue weighted by Gasteiger charge is 2.15. The van der Waals surface area contributed by atoms with E-state index in [4.69, 9.17) is 11.5 Å². The van der Waals surface area contributed by atoms with Gasteiger partial charge in [0.1, 0.15) is 0 Å². The predicted molar refractivity (Wildman–Crippen MR) is 110 cm³/mol. The number of carbonyl (C=O) groups excluding carboxylic acids is 1. The van der Waals surface area contributed by atoms with Crippen LogP contribution in [-0.4, -0.2) is 38.1 Å². The molecule has 0 saturated carbocycles. The van der Waals surface area contributed by atoms with Crippen LogP contribution in [-0.2, 0) is 4.79 Å². The van der Waals surface area contributed by atoms with E-state index in [0.29, 0.717) is 25.4 Å². The molecule has 26 heavy (non-hydrogen) atoms. The number of nitrogens with one attached hydrogen (secondary N) is 2. The Morgan fingerprint density at radius 1 is 1.00 bits per heavy atom. The summed E-state index contributed by atoms with van der Waals surface area (Å²) in [7, 11) is 0. The summed E-state index contributed by atoms with van der Waals surface area (Å²) in [6.45, 7) is 7.77. The fourth-order valence-corrected chi connectivity index (χ4v) is 2.96. The molecule has 0 aromatic heterocycles. The maximum absolute atomic E-state index is 12.0. The molecule has 0 aliphatic heterocycles. The van der Waals surface area contributed by atoms with Crippen molar-refractivity contribution in [1.82, 2.24) is 10.6 Å². The second kappa shape index (κ2) is 13.7. The molecule has 5 nitrogen and oxygen atoms in total. The Bertz CT molecular complexity index is 478. The molecule has 1 aromatic carbocycles. The molecule has 0 fully saturated rings. The van der Waals surface area contributed by atoms with Gasteiger partial charge in [0, 0.05) is 6.54 Å². The van der Waals surface area contributed by atoms with Gasteiger partial charge >= 0.3 is 0 Å². The van der Waals surface area contributed by atoms with E-state index in [2.05, 4.69) is 48.7 Å². The highest BCUT2D eigenvalue weighted by atomic mass is 16.2. The standard InChI is InChI=1S/C21H38N4O/c1-17(2)10-14-24-15-11-19(18-7-4-3-5-8-18)12-16-25-21(26)20(23)9-6-13-22/h3-5,7-8,17,19-20,24H,6,9-16,22-23H2,1-2H3,(H,25,26)/t19?,20-/m1/s1. The van der Waals surface area contributed by atoms with Crippen LogP contribution in [0.3, 0.4) is 0 Å². The summed E-state index contributed by atoms with van der Waals surface area (Å²) in [4.78, 5) is 12.0. The summed E-state index contributed by atoms with van der Waals surface area (Å²) in [6.07, 6.45) is 4.61. The average molecular weight is 363 g/mol. The van der Waals surface area contributed by atoms with E-state index in [0.717, 1.165) is 38.3 Å². The first-order valence-corrected chi connectivity index (χ1v) is 10.0. The highest BCUT2D eigenvalue weighted by Crippen LogP contribution is 2.22. The number of carbonyl (C=O) groups is 1. The molecule has 6 N–H and O–H groups in total. The summed E-state index contributed by atoms with van der Waals surface area (Å²) in [5.41, 5.74) is 12.7. The fraction of sp³-hybridized carbons (Fsp3) is 0.667. The molecule has 148 valence electrons. The first-order chi connectivity index (χ1) is 12.5. The lowest BCUT2D eigenvalue weighted by Crippen LogP contribution is -2.41. The van der Waals surface area contributed by atoms with Gasteiger partial charge < -0.3 is 22.1 Å². The second-order valence-corrected chi connectivity index (χ2v) is 7.45. The van der Waals surface area contributed by atoms with E-state index in [1.165, 1.54) is 12.0 Å². The molecule has 1 amide bonds. The van der Waals surface area contributed by atoms with Crippen LogP contribution in [0.4, 0.5) is 0 Å². The van der Waals surface area contributed by atoms with Gasteiger partial charge in [-0.3, -0.25) is 4.79 Å². The van der Waals surface area contributed by atoms with E-state index in [-0.39, 0.29) is 5.91 Å². The van der Waals surface area contributed by atoms with Gasteiger partial charge in [-0.05, 0) is 69.1 Å². The number of amides is 1. The van der Waals surface area contributed by atoms with Gasteiger partial charge in [0.2, 0.25) is 5.91 Å². The third-order valence-electron chi connectivity index (χ3n) is 4.69. The van der Waals surface area contributed by atoms with Crippen LogP contribution in [0.15, 0.2) is 30.3 Å². The zero-order chi connectivity index (χ0) is 19.2.